The Bertz CT molecular complexity index is 1680. The Kier molecular flexibility index (Phi) is 12.4. The molecular formula is C37H43N3O5S. The molecule has 4 rings (SSSR count). The van der Waals surface area contributed by atoms with Crippen LogP contribution in [0.25, 0.3) is 0 Å². The summed E-state index contributed by atoms with van der Waals surface area (Å²) in [5, 5.41) is 3.02. The molecule has 0 aliphatic heterocycles. The molecule has 0 spiro atoms. The van der Waals surface area contributed by atoms with E-state index in [2.05, 4.69) is 5.32 Å². The summed E-state index contributed by atoms with van der Waals surface area (Å²) in [5.41, 5.74) is 2.97. The number of hydrogen-bond donors (Lipinski definition) is 1. The minimum Gasteiger partial charge on any atom is -0.492 e. The molecule has 8 nitrogen and oxygen atoms in total. The predicted molar refractivity (Wildman–Crippen MR) is 182 cm³/mol. The zero-order chi connectivity index (χ0) is 32.9. The summed E-state index contributed by atoms with van der Waals surface area (Å²) in [5.74, 6) is -0.468. The van der Waals surface area contributed by atoms with E-state index in [1.54, 1.807) is 42.5 Å². The van der Waals surface area contributed by atoms with Gasteiger partial charge in [0.15, 0.2) is 0 Å². The van der Waals surface area contributed by atoms with Crippen molar-refractivity contribution in [3.8, 4) is 5.75 Å². The van der Waals surface area contributed by atoms with Gasteiger partial charge in [0.25, 0.3) is 10.0 Å². The van der Waals surface area contributed by atoms with E-state index in [0.29, 0.717) is 18.9 Å². The standard InChI is InChI=1S/C37H43N3O5S/c1-4-6-24-38-37(42)34(26-30-17-9-7-10-18-30)39(27-31-19-15-16-29(3)25-31)36(41)28-40(33-22-13-14-23-35(33)45-5-2)46(43,44)32-20-11-8-12-21-32/h7-23,25,34H,4-6,24,26-28H2,1-3H3,(H,38,42)/t34-/m1/s1. The molecule has 0 aliphatic rings. The molecule has 242 valence electrons. The van der Waals surface area contributed by atoms with Gasteiger partial charge in [-0.1, -0.05) is 104 Å². The quantitative estimate of drug-likeness (QED) is 0.148. The van der Waals surface area contributed by atoms with Crippen molar-refractivity contribution < 1.29 is 22.7 Å². The van der Waals surface area contributed by atoms with Crippen molar-refractivity contribution in [3.05, 3.63) is 126 Å². The maximum atomic E-state index is 14.6. The summed E-state index contributed by atoms with van der Waals surface area (Å²) >= 11 is 0. The van der Waals surface area contributed by atoms with Crippen molar-refractivity contribution in [1.29, 1.82) is 0 Å². The molecule has 0 saturated heterocycles. The summed E-state index contributed by atoms with van der Waals surface area (Å²) in [4.78, 5) is 30.1. The highest BCUT2D eigenvalue weighted by atomic mass is 32.2. The van der Waals surface area contributed by atoms with Crippen LogP contribution in [0.1, 0.15) is 43.4 Å². The number of unbranched alkanes of at least 4 members (excludes halogenated alkanes) is 1. The van der Waals surface area contributed by atoms with Gasteiger partial charge in [0, 0.05) is 19.5 Å². The third-order valence-corrected chi connectivity index (χ3v) is 9.35. The number of benzene rings is 4. The fourth-order valence-corrected chi connectivity index (χ4v) is 6.69. The molecule has 0 radical (unpaired) electrons. The zero-order valence-corrected chi connectivity index (χ0v) is 27.6. The van der Waals surface area contributed by atoms with Crippen LogP contribution >= 0.6 is 0 Å². The first-order valence-electron chi connectivity index (χ1n) is 15.7. The number of carbonyl (C=O) groups excluding carboxylic acids is 2. The predicted octanol–water partition coefficient (Wildman–Crippen LogP) is 6.15. The van der Waals surface area contributed by atoms with Gasteiger partial charge in [-0.15, -0.1) is 0 Å². The fourth-order valence-electron chi connectivity index (χ4n) is 5.24. The SMILES string of the molecule is CCCCNC(=O)[C@@H](Cc1ccccc1)N(Cc1cccc(C)c1)C(=O)CN(c1ccccc1OCC)S(=O)(=O)c1ccccc1. The van der Waals surface area contributed by atoms with Crippen LogP contribution in [0.5, 0.6) is 5.75 Å². The van der Waals surface area contributed by atoms with Crippen LogP contribution < -0.4 is 14.4 Å². The highest BCUT2D eigenvalue weighted by Crippen LogP contribution is 2.33. The number of anilines is 1. The van der Waals surface area contributed by atoms with Gasteiger partial charge in [-0.25, -0.2) is 8.42 Å². The molecule has 0 heterocycles. The first-order valence-corrected chi connectivity index (χ1v) is 17.1. The lowest BCUT2D eigenvalue weighted by Crippen LogP contribution is -2.53. The Morgan fingerprint density at radius 3 is 2.15 bits per heavy atom. The molecule has 0 unspecified atom stereocenters. The minimum absolute atomic E-state index is 0.0393. The van der Waals surface area contributed by atoms with Gasteiger partial charge in [0.2, 0.25) is 11.8 Å². The Labute approximate surface area is 273 Å². The van der Waals surface area contributed by atoms with Crippen molar-refractivity contribution in [2.24, 2.45) is 0 Å². The second-order valence-corrected chi connectivity index (χ2v) is 12.9. The first kappa shape index (κ1) is 34.2. The molecule has 0 fully saturated rings. The third-order valence-electron chi connectivity index (χ3n) is 7.58. The molecular weight excluding hydrogens is 598 g/mol. The maximum Gasteiger partial charge on any atom is 0.264 e. The van der Waals surface area contributed by atoms with Crippen LogP contribution in [0.15, 0.2) is 114 Å². The topological polar surface area (TPSA) is 96.0 Å². The van der Waals surface area contributed by atoms with E-state index in [1.807, 2.05) is 75.4 Å². The summed E-state index contributed by atoms with van der Waals surface area (Å²) in [6.45, 7) is 6.18. The highest BCUT2D eigenvalue weighted by Gasteiger charge is 2.35. The van der Waals surface area contributed by atoms with Gasteiger partial charge >= 0.3 is 0 Å². The average molecular weight is 642 g/mol. The van der Waals surface area contributed by atoms with E-state index < -0.39 is 28.5 Å². The van der Waals surface area contributed by atoms with Gasteiger partial charge in [0.1, 0.15) is 18.3 Å². The Morgan fingerprint density at radius 1 is 0.826 bits per heavy atom. The van der Waals surface area contributed by atoms with Crippen LogP contribution in [0.4, 0.5) is 5.69 Å². The summed E-state index contributed by atoms with van der Waals surface area (Å²) < 4.78 is 35.4. The van der Waals surface area contributed by atoms with Crippen LogP contribution in [0, 0.1) is 6.92 Å². The molecule has 46 heavy (non-hydrogen) atoms. The second kappa shape index (κ2) is 16.6. The van der Waals surface area contributed by atoms with Gasteiger partial charge in [-0.2, -0.15) is 0 Å². The molecule has 0 saturated carbocycles. The number of nitrogens with zero attached hydrogens (tertiary/aromatic N) is 2. The van der Waals surface area contributed by atoms with Crippen molar-refractivity contribution in [3.63, 3.8) is 0 Å². The monoisotopic (exact) mass is 641 g/mol. The highest BCUT2D eigenvalue weighted by molar-refractivity contribution is 7.92. The van der Waals surface area contributed by atoms with Crippen molar-refractivity contribution in [2.45, 2.75) is 57.5 Å². The van der Waals surface area contributed by atoms with E-state index in [4.69, 9.17) is 4.74 Å². The van der Waals surface area contributed by atoms with Gasteiger partial charge in [0.05, 0.1) is 17.2 Å². The normalized spacial score (nSPS) is 11.8. The van der Waals surface area contributed by atoms with Crippen LogP contribution in [0.2, 0.25) is 0 Å². The lowest BCUT2D eigenvalue weighted by molar-refractivity contribution is -0.140. The molecule has 1 N–H and O–H groups in total. The molecule has 4 aromatic carbocycles. The largest absolute Gasteiger partial charge is 0.492 e. The van der Waals surface area contributed by atoms with E-state index in [0.717, 1.165) is 33.8 Å². The van der Waals surface area contributed by atoms with Gasteiger partial charge in [-0.3, -0.25) is 13.9 Å². The van der Waals surface area contributed by atoms with Crippen LogP contribution in [0.3, 0.4) is 0 Å². The lowest BCUT2D eigenvalue weighted by atomic mass is 10.0. The van der Waals surface area contributed by atoms with Crippen LogP contribution in [-0.4, -0.2) is 50.9 Å². The lowest BCUT2D eigenvalue weighted by Gasteiger charge is -2.34. The average Bonchev–Trinajstić information content (AvgIpc) is 3.06. The van der Waals surface area contributed by atoms with Crippen molar-refractivity contribution in [1.82, 2.24) is 10.2 Å². The maximum absolute atomic E-state index is 14.6. The van der Waals surface area contributed by atoms with Crippen LogP contribution in [-0.2, 0) is 32.6 Å². The summed E-state index contributed by atoms with van der Waals surface area (Å²) in [7, 11) is -4.22. The minimum atomic E-state index is -4.22. The molecule has 4 aromatic rings. The first-order chi connectivity index (χ1) is 22.2. The van der Waals surface area contributed by atoms with Crippen molar-refractivity contribution >= 4 is 27.5 Å². The smallest absolute Gasteiger partial charge is 0.264 e. The number of rotatable bonds is 16. The number of nitrogens with one attached hydrogen (secondary N) is 1. The zero-order valence-electron chi connectivity index (χ0n) is 26.8. The van der Waals surface area contributed by atoms with E-state index in [-0.39, 0.29) is 29.5 Å². The number of sulfonamides is 1. The third kappa shape index (κ3) is 8.97. The number of hydrogen-bond acceptors (Lipinski definition) is 5. The number of amides is 2. The van der Waals surface area contributed by atoms with Crippen molar-refractivity contribution in [2.75, 3.05) is 24.0 Å². The Morgan fingerprint density at radius 2 is 1.48 bits per heavy atom. The molecule has 0 bridgehead atoms. The van der Waals surface area contributed by atoms with E-state index >= 15 is 0 Å². The number of ether oxygens (including phenoxy) is 1. The molecule has 0 aliphatic carbocycles. The molecule has 1 atom stereocenters. The molecule has 2 amide bonds. The number of para-hydroxylation sites is 2. The second-order valence-electron chi connectivity index (χ2n) is 11.1. The van der Waals surface area contributed by atoms with E-state index in [1.165, 1.54) is 17.0 Å². The Balaban J connectivity index is 1.82. The van der Waals surface area contributed by atoms with Gasteiger partial charge in [-0.05, 0) is 55.7 Å². The molecule has 9 heteroatoms. The van der Waals surface area contributed by atoms with E-state index in [9.17, 15) is 18.0 Å². The number of carbonyl (C=O) groups is 2. The summed E-state index contributed by atoms with van der Waals surface area (Å²) in [6, 6.07) is 31.2. The number of aryl methyl sites for hydroxylation is 1. The Hall–Kier alpha value is -4.63. The van der Waals surface area contributed by atoms with Gasteiger partial charge < -0.3 is 15.0 Å². The fraction of sp³-hybridized carbons (Fsp3) is 0.297. The summed E-state index contributed by atoms with van der Waals surface area (Å²) in [6.07, 6.45) is 1.96. The molecule has 0 aromatic heterocycles.